The summed E-state index contributed by atoms with van der Waals surface area (Å²) in [5.41, 5.74) is 0. The zero-order valence-corrected chi connectivity index (χ0v) is 10.7. The van der Waals surface area contributed by atoms with Crippen molar-refractivity contribution in [3.63, 3.8) is 0 Å². The Kier molecular flexibility index (Phi) is 4.68. The molecule has 0 bridgehead atoms. The van der Waals surface area contributed by atoms with Crippen LogP contribution >= 0.6 is 0 Å². The fraction of sp³-hybridized carbons (Fsp3) is 0.833. The van der Waals surface area contributed by atoms with Gasteiger partial charge in [-0.2, -0.15) is 5.10 Å². The lowest BCUT2D eigenvalue weighted by Crippen LogP contribution is -2.37. The third-order valence-corrected chi connectivity index (χ3v) is 3.13. The minimum atomic E-state index is -0.696. The first kappa shape index (κ1) is 13.5. The van der Waals surface area contributed by atoms with E-state index in [1.165, 1.54) is 6.33 Å². The van der Waals surface area contributed by atoms with Crippen LogP contribution < -0.4 is 0 Å². The van der Waals surface area contributed by atoms with E-state index >= 15 is 0 Å². The Morgan fingerprint density at radius 3 is 3.00 bits per heavy atom. The van der Waals surface area contributed by atoms with Crippen LogP contribution in [0.25, 0.3) is 0 Å². The summed E-state index contributed by atoms with van der Waals surface area (Å²) in [4.78, 5) is 3.91. The number of ether oxygens (including phenoxy) is 2. The van der Waals surface area contributed by atoms with Crippen molar-refractivity contribution in [2.45, 2.75) is 51.0 Å². The molecule has 2 unspecified atom stereocenters. The second kappa shape index (κ2) is 6.26. The van der Waals surface area contributed by atoms with Crippen molar-refractivity contribution in [1.82, 2.24) is 14.8 Å². The number of rotatable bonds is 7. The van der Waals surface area contributed by atoms with Crippen LogP contribution in [0.3, 0.4) is 0 Å². The van der Waals surface area contributed by atoms with Gasteiger partial charge >= 0.3 is 0 Å². The molecule has 18 heavy (non-hydrogen) atoms. The van der Waals surface area contributed by atoms with Crippen molar-refractivity contribution < 1.29 is 14.6 Å². The van der Waals surface area contributed by atoms with Crippen LogP contribution in [0.5, 0.6) is 0 Å². The summed E-state index contributed by atoms with van der Waals surface area (Å²) in [5, 5.41) is 15.0. The number of unbranched alkanes of at least 4 members (excludes halogenated alkanes) is 2. The molecule has 6 heteroatoms. The van der Waals surface area contributed by atoms with Crippen molar-refractivity contribution in [1.29, 1.82) is 0 Å². The van der Waals surface area contributed by atoms with Crippen LogP contribution in [0.2, 0.25) is 0 Å². The Hall–Kier alpha value is -0.980. The Morgan fingerprint density at radius 1 is 1.50 bits per heavy atom. The summed E-state index contributed by atoms with van der Waals surface area (Å²) < 4.78 is 13.2. The highest BCUT2D eigenvalue weighted by atomic mass is 16.7. The fourth-order valence-corrected chi connectivity index (χ4v) is 2.20. The van der Waals surface area contributed by atoms with Crippen LogP contribution in [-0.4, -0.2) is 39.9 Å². The summed E-state index contributed by atoms with van der Waals surface area (Å²) in [7, 11) is 0. The fourth-order valence-electron chi connectivity index (χ4n) is 2.20. The van der Waals surface area contributed by atoms with E-state index in [-0.39, 0.29) is 12.7 Å². The molecule has 0 aliphatic carbocycles. The second-order valence-corrected chi connectivity index (χ2v) is 4.68. The van der Waals surface area contributed by atoms with Gasteiger partial charge < -0.3 is 9.47 Å². The Labute approximate surface area is 107 Å². The number of hydrogen-bond acceptors (Lipinski definition) is 4. The van der Waals surface area contributed by atoms with Crippen LogP contribution in [0.15, 0.2) is 12.7 Å². The van der Waals surface area contributed by atoms with Crippen molar-refractivity contribution in [3.05, 3.63) is 12.7 Å². The Morgan fingerprint density at radius 2 is 2.39 bits per heavy atom. The van der Waals surface area contributed by atoms with E-state index in [1.807, 2.05) is 0 Å². The lowest BCUT2D eigenvalue weighted by molar-refractivity contribution is -0.189. The van der Waals surface area contributed by atoms with E-state index in [9.17, 15) is 5.11 Å². The third-order valence-electron chi connectivity index (χ3n) is 3.13. The van der Waals surface area contributed by atoms with Crippen molar-refractivity contribution in [2.24, 2.45) is 0 Å². The van der Waals surface area contributed by atoms with Crippen LogP contribution in [0, 0.1) is 0 Å². The maximum Gasteiger partial charge on any atom is 0.188 e. The van der Waals surface area contributed by atoms with Gasteiger partial charge in [-0.15, -0.1) is 0 Å². The minimum absolute atomic E-state index is 0.257. The van der Waals surface area contributed by atoms with Gasteiger partial charge in [0, 0.05) is 6.42 Å². The van der Waals surface area contributed by atoms with Crippen molar-refractivity contribution >= 4 is 0 Å². The Balaban J connectivity index is 1.98. The molecule has 101 valence electrons. The average Bonchev–Trinajstić information content (AvgIpc) is 3.00. The van der Waals surface area contributed by atoms with Gasteiger partial charge in [-0.25, -0.2) is 14.8 Å². The monoisotopic (exact) mass is 254 g/mol. The third kappa shape index (κ3) is 3.28. The van der Waals surface area contributed by atoms with Gasteiger partial charge in [0.05, 0.1) is 13.2 Å². The molecule has 0 spiro atoms. The summed E-state index contributed by atoms with van der Waals surface area (Å²) in [5.74, 6) is -0.696. The quantitative estimate of drug-likeness (QED) is 0.690. The Bertz CT molecular complexity index is 344. The molecule has 0 saturated carbocycles. The maximum atomic E-state index is 10.9. The molecule has 1 aromatic rings. The first-order chi connectivity index (χ1) is 8.78. The largest absolute Gasteiger partial charge is 0.345 e. The molecule has 1 fully saturated rings. The van der Waals surface area contributed by atoms with E-state index in [0.29, 0.717) is 13.2 Å². The van der Waals surface area contributed by atoms with E-state index in [0.717, 1.165) is 25.7 Å². The second-order valence-electron chi connectivity index (χ2n) is 4.68. The van der Waals surface area contributed by atoms with E-state index in [2.05, 4.69) is 17.0 Å². The molecule has 6 nitrogen and oxygen atoms in total. The molecule has 0 N–H and O–H groups in total. The highest BCUT2D eigenvalue weighted by molar-refractivity contribution is 4.79. The zero-order valence-electron chi connectivity index (χ0n) is 10.7. The molecule has 1 aromatic heterocycles. The summed E-state index contributed by atoms with van der Waals surface area (Å²) in [6, 6.07) is 0. The molecule has 1 radical (unpaired) electrons. The maximum absolute atomic E-state index is 10.9. The molecular formula is C12H20N3O3. The highest BCUT2D eigenvalue weighted by Crippen LogP contribution is 2.30. The number of aromatic nitrogens is 3. The van der Waals surface area contributed by atoms with Gasteiger partial charge in [-0.3, -0.25) is 0 Å². The lowest BCUT2D eigenvalue weighted by Gasteiger charge is -2.27. The van der Waals surface area contributed by atoms with Crippen LogP contribution in [-0.2, 0) is 21.1 Å². The SMILES string of the molecule is CCCCCC1(Cn2cncn2)OCC(C[O])O1. The predicted octanol–water partition coefficient (Wildman–Crippen LogP) is 1.40. The van der Waals surface area contributed by atoms with Crippen LogP contribution in [0.1, 0.15) is 32.6 Å². The summed E-state index contributed by atoms with van der Waals surface area (Å²) >= 11 is 0. The molecule has 0 amide bonds. The molecule has 1 saturated heterocycles. The topological polar surface area (TPSA) is 69.1 Å². The van der Waals surface area contributed by atoms with Crippen molar-refractivity contribution in [2.75, 3.05) is 13.2 Å². The first-order valence-corrected chi connectivity index (χ1v) is 6.50. The van der Waals surface area contributed by atoms with Gasteiger partial charge in [0.2, 0.25) is 0 Å². The molecule has 2 atom stereocenters. The predicted molar refractivity (Wildman–Crippen MR) is 63.3 cm³/mol. The van der Waals surface area contributed by atoms with E-state index < -0.39 is 5.79 Å². The average molecular weight is 254 g/mol. The molecular weight excluding hydrogens is 234 g/mol. The normalized spacial score (nSPS) is 27.8. The van der Waals surface area contributed by atoms with Gasteiger partial charge in [-0.05, 0) is 6.42 Å². The minimum Gasteiger partial charge on any atom is -0.345 e. The van der Waals surface area contributed by atoms with Gasteiger partial charge in [0.25, 0.3) is 0 Å². The van der Waals surface area contributed by atoms with Gasteiger partial charge in [0.15, 0.2) is 5.79 Å². The smallest absolute Gasteiger partial charge is 0.188 e. The standard InChI is InChI=1S/C12H20N3O3/c1-2-3-4-5-12(8-15-10-13-9-14-15)17-7-11(6-16)18-12/h9-11H,2-8H2,1H3. The molecule has 1 aliphatic heterocycles. The zero-order chi connectivity index (χ0) is 12.8. The summed E-state index contributed by atoms with van der Waals surface area (Å²) in [6.45, 7) is 2.77. The summed E-state index contributed by atoms with van der Waals surface area (Å²) in [6.07, 6.45) is 6.88. The molecule has 2 heterocycles. The molecule has 2 rings (SSSR count). The van der Waals surface area contributed by atoms with Gasteiger partial charge in [-0.1, -0.05) is 19.8 Å². The molecule has 0 aromatic carbocycles. The van der Waals surface area contributed by atoms with E-state index in [1.54, 1.807) is 11.0 Å². The highest BCUT2D eigenvalue weighted by Gasteiger charge is 2.41. The van der Waals surface area contributed by atoms with Crippen molar-refractivity contribution in [3.8, 4) is 0 Å². The van der Waals surface area contributed by atoms with Gasteiger partial charge in [0.1, 0.15) is 25.4 Å². The lowest BCUT2D eigenvalue weighted by atomic mass is 10.1. The molecule has 1 aliphatic rings. The van der Waals surface area contributed by atoms with E-state index in [4.69, 9.17) is 9.47 Å². The first-order valence-electron chi connectivity index (χ1n) is 6.50. The number of hydrogen-bond donors (Lipinski definition) is 0. The number of nitrogens with zero attached hydrogens (tertiary/aromatic N) is 3. The van der Waals surface area contributed by atoms with Crippen LogP contribution in [0.4, 0.5) is 0 Å².